The molecule has 0 aliphatic carbocycles. The first-order chi connectivity index (χ1) is 19.1. The predicted molar refractivity (Wildman–Crippen MR) is 159 cm³/mol. The molecule has 0 radical (unpaired) electrons. The molecule has 10 heteroatoms. The third-order valence-corrected chi connectivity index (χ3v) is 11.8. The van der Waals surface area contributed by atoms with E-state index in [9.17, 15) is 0 Å². The molecule has 1 aromatic carbocycles. The fourth-order valence-electron chi connectivity index (χ4n) is 7.35. The van der Waals surface area contributed by atoms with Crippen LogP contribution in [0.5, 0.6) is 0 Å². The fraction of sp³-hybridized carbons (Fsp3) is 0.586. The Kier molecular flexibility index (Phi) is 7.33. The van der Waals surface area contributed by atoms with Gasteiger partial charge in [0.15, 0.2) is 17.0 Å². The second-order valence-corrected chi connectivity index (χ2v) is 13.1. The molecule has 0 unspecified atom stereocenters. The number of hydrogen-bond acceptors (Lipinski definition) is 8. The molecular weight excluding hydrogens is 506 g/mol. The largest absolute Gasteiger partial charge is 0.399 e. The zero-order chi connectivity index (χ0) is 27.0. The van der Waals surface area contributed by atoms with Gasteiger partial charge >= 0.3 is 0 Å². The van der Waals surface area contributed by atoms with E-state index in [1.165, 1.54) is 24.1 Å². The van der Waals surface area contributed by atoms with Gasteiger partial charge in [-0.15, -0.1) is 0 Å². The molecule has 1 spiro atoms. The highest BCUT2D eigenvalue weighted by Crippen LogP contribution is 2.51. The van der Waals surface area contributed by atoms with Gasteiger partial charge < -0.3 is 19.4 Å². The second kappa shape index (κ2) is 10.9. The standard InChI is InChI=1S/C29H41N7O2Si/c1-5-20-9-12-36(22-8-7-19(15-21(20)22)16-31-37-3)28-25-27(33-34-28)32-24(17-30-25)35-13-10-29(11-14-35)18-38-23(6-2)26(29)39-4/h7-8,15-17,20,23,26H,5-6,9-14,18,39H2,1-4H3,(H,32,33,34)/b31-16+/t20-,23-,26+/m0/s1. The van der Waals surface area contributed by atoms with E-state index in [2.05, 4.69) is 58.6 Å². The van der Waals surface area contributed by atoms with Gasteiger partial charge in [0, 0.05) is 34.8 Å². The van der Waals surface area contributed by atoms with Crippen molar-refractivity contribution in [1.82, 2.24) is 20.2 Å². The average Bonchev–Trinajstić information content (AvgIpc) is 3.56. The van der Waals surface area contributed by atoms with Crippen molar-refractivity contribution in [3.05, 3.63) is 35.5 Å². The van der Waals surface area contributed by atoms with Gasteiger partial charge in [-0.05, 0) is 72.2 Å². The molecule has 2 fully saturated rings. The average molecular weight is 548 g/mol. The Balaban J connectivity index is 1.23. The first kappa shape index (κ1) is 26.3. The lowest BCUT2D eigenvalue weighted by molar-refractivity contribution is 0.0865. The van der Waals surface area contributed by atoms with Crippen molar-refractivity contribution in [2.75, 3.05) is 43.2 Å². The number of aromatic nitrogens is 4. The predicted octanol–water partition coefficient (Wildman–Crippen LogP) is 4.77. The Labute approximate surface area is 233 Å². The summed E-state index contributed by atoms with van der Waals surface area (Å²) in [5.74, 6) is 2.29. The molecule has 6 rings (SSSR count). The van der Waals surface area contributed by atoms with Crippen LogP contribution in [0.25, 0.3) is 11.2 Å². The van der Waals surface area contributed by atoms with Gasteiger partial charge in [-0.1, -0.05) is 31.6 Å². The molecule has 3 aromatic rings. The molecule has 208 valence electrons. The molecule has 3 atom stereocenters. The summed E-state index contributed by atoms with van der Waals surface area (Å²) >= 11 is 0. The lowest BCUT2D eigenvalue weighted by Gasteiger charge is -2.42. The molecule has 1 N–H and O–H groups in total. The number of rotatable bonds is 7. The van der Waals surface area contributed by atoms with Crippen molar-refractivity contribution in [3.8, 4) is 0 Å². The van der Waals surface area contributed by atoms with Crippen LogP contribution in [0.15, 0.2) is 29.6 Å². The molecule has 39 heavy (non-hydrogen) atoms. The Morgan fingerprint density at radius 2 is 2.08 bits per heavy atom. The van der Waals surface area contributed by atoms with Crippen LogP contribution in [0.4, 0.5) is 17.3 Å². The molecule has 2 aromatic heterocycles. The van der Waals surface area contributed by atoms with Gasteiger partial charge in [0.2, 0.25) is 0 Å². The first-order valence-corrected chi connectivity index (χ1v) is 16.9. The quantitative estimate of drug-likeness (QED) is 0.259. The minimum absolute atomic E-state index is 0.118. The lowest BCUT2D eigenvalue weighted by Crippen LogP contribution is -2.44. The number of H-pyrrole nitrogens is 1. The summed E-state index contributed by atoms with van der Waals surface area (Å²) in [4.78, 5) is 19.5. The minimum Gasteiger partial charge on any atom is -0.399 e. The van der Waals surface area contributed by atoms with Gasteiger partial charge in [0.25, 0.3) is 0 Å². The van der Waals surface area contributed by atoms with Crippen LogP contribution < -0.4 is 9.80 Å². The number of benzene rings is 1. The van der Waals surface area contributed by atoms with Crippen molar-refractivity contribution in [1.29, 1.82) is 0 Å². The van der Waals surface area contributed by atoms with Gasteiger partial charge in [-0.2, -0.15) is 5.10 Å². The highest BCUT2D eigenvalue weighted by Gasteiger charge is 2.49. The summed E-state index contributed by atoms with van der Waals surface area (Å²) in [6.45, 7) is 10.9. The van der Waals surface area contributed by atoms with Crippen LogP contribution in [-0.4, -0.2) is 75.4 Å². The lowest BCUT2D eigenvalue weighted by atomic mass is 9.75. The van der Waals surface area contributed by atoms with Crippen LogP contribution >= 0.6 is 0 Å². The topological polar surface area (TPSA) is 91.8 Å². The highest BCUT2D eigenvalue weighted by molar-refractivity contribution is 6.36. The molecule has 3 aliphatic heterocycles. The van der Waals surface area contributed by atoms with Crippen molar-refractivity contribution >= 4 is 44.2 Å². The van der Waals surface area contributed by atoms with E-state index in [1.807, 2.05) is 6.20 Å². The molecule has 0 bridgehead atoms. The zero-order valence-corrected chi connectivity index (χ0v) is 25.1. The van der Waals surface area contributed by atoms with Crippen LogP contribution in [0.2, 0.25) is 12.1 Å². The van der Waals surface area contributed by atoms with Crippen LogP contribution in [0, 0.1) is 5.41 Å². The van der Waals surface area contributed by atoms with Gasteiger partial charge in [-0.3, -0.25) is 5.10 Å². The van der Waals surface area contributed by atoms with E-state index in [1.54, 1.807) is 13.3 Å². The maximum atomic E-state index is 6.28. The summed E-state index contributed by atoms with van der Waals surface area (Å²) in [5.41, 5.74) is 6.30. The number of anilines is 3. The normalized spacial score (nSPS) is 25.0. The summed E-state index contributed by atoms with van der Waals surface area (Å²) < 4.78 is 6.28. The number of fused-ring (bicyclic) bond motifs is 2. The number of aromatic amines is 1. The van der Waals surface area contributed by atoms with Gasteiger partial charge in [0.1, 0.15) is 12.9 Å². The molecular formula is C29H41N7O2Si. The number of oxime groups is 1. The van der Waals surface area contributed by atoms with Crippen molar-refractivity contribution in [2.45, 2.75) is 70.1 Å². The van der Waals surface area contributed by atoms with Crippen LogP contribution in [0.1, 0.15) is 63.0 Å². The number of nitrogens with one attached hydrogen (secondary N) is 1. The van der Waals surface area contributed by atoms with E-state index >= 15 is 0 Å². The van der Waals surface area contributed by atoms with Gasteiger partial charge in [-0.25, -0.2) is 9.97 Å². The molecule has 0 amide bonds. The summed E-state index contributed by atoms with van der Waals surface area (Å²) in [7, 11) is 1.45. The number of nitrogens with zero attached hydrogens (tertiary/aromatic N) is 6. The Morgan fingerprint density at radius 1 is 1.23 bits per heavy atom. The van der Waals surface area contributed by atoms with Crippen LogP contribution in [0.3, 0.4) is 0 Å². The monoisotopic (exact) mass is 547 g/mol. The summed E-state index contributed by atoms with van der Waals surface area (Å²) in [6, 6.07) is 6.48. The number of piperidine rings is 1. The first-order valence-electron chi connectivity index (χ1n) is 14.7. The summed E-state index contributed by atoms with van der Waals surface area (Å²) in [5, 5.41) is 11.9. The summed E-state index contributed by atoms with van der Waals surface area (Å²) in [6.07, 6.45) is 9.85. The Morgan fingerprint density at radius 3 is 2.82 bits per heavy atom. The van der Waals surface area contributed by atoms with Crippen molar-refractivity contribution < 1.29 is 9.57 Å². The minimum atomic E-state index is -0.118. The molecule has 2 saturated heterocycles. The van der Waals surface area contributed by atoms with E-state index in [0.717, 1.165) is 79.4 Å². The van der Waals surface area contributed by atoms with Crippen molar-refractivity contribution in [2.24, 2.45) is 10.6 Å². The van der Waals surface area contributed by atoms with E-state index in [-0.39, 0.29) is 9.52 Å². The van der Waals surface area contributed by atoms with Crippen LogP contribution in [-0.2, 0) is 9.57 Å². The molecule has 5 heterocycles. The second-order valence-electron chi connectivity index (χ2n) is 11.4. The van der Waals surface area contributed by atoms with E-state index in [4.69, 9.17) is 24.6 Å². The number of ether oxygens (including phenoxy) is 1. The SMILES string of the molecule is CC[C@H]1CCN(c2n[nH]c3nc(N4CCC5(CC4)CO[C@@H](CC)[C@H]5[SiH2]C)cnc23)c2ccc(/C=N/OC)cc21. The Hall–Kier alpha value is -2.98. The highest BCUT2D eigenvalue weighted by atomic mass is 28.2. The third kappa shape index (κ3) is 4.61. The smallest absolute Gasteiger partial charge is 0.183 e. The Bertz CT molecular complexity index is 1340. The molecule has 0 saturated carbocycles. The third-order valence-electron chi connectivity index (χ3n) is 9.52. The zero-order valence-electron chi connectivity index (χ0n) is 23.7. The van der Waals surface area contributed by atoms with Crippen molar-refractivity contribution in [3.63, 3.8) is 0 Å². The van der Waals surface area contributed by atoms with Gasteiger partial charge in [0.05, 0.1) is 25.1 Å². The van der Waals surface area contributed by atoms with E-state index < -0.39 is 0 Å². The molecule has 3 aliphatic rings. The fourth-order valence-corrected chi connectivity index (χ4v) is 9.74. The maximum absolute atomic E-state index is 6.28. The van der Waals surface area contributed by atoms with E-state index in [0.29, 0.717) is 17.4 Å². The molecule has 9 nitrogen and oxygen atoms in total. The maximum Gasteiger partial charge on any atom is 0.183 e. The number of hydrogen-bond donors (Lipinski definition) is 1.